The summed E-state index contributed by atoms with van der Waals surface area (Å²) in [6.45, 7) is 5.94. The van der Waals surface area contributed by atoms with Crippen molar-refractivity contribution in [3.8, 4) is 5.75 Å². The maximum absolute atomic E-state index is 12.3. The number of amides is 1. The standard InChI is InChI=1S/C23H37N3O4S/c1-4-11-24(21-9-7-19-8-10-22(30-2)17-20(19)16-21)12-5-6-13-25-14-15-26(18-23(25)27)31(3,28)29/h8,10,17,21H,4-7,9,11-16,18H2,1-3H3. The van der Waals surface area contributed by atoms with Crippen LogP contribution in [0.3, 0.4) is 0 Å². The van der Waals surface area contributed by atoms with Crippen LogP contribution in [-0.2, 0) is 27.7 Å². The first-order valence-electron chi connectivity index (χ1n) is 11.4. The van der Waals surface area contributed by atoms with Crippen LogP contribution in [0.2, 0.25) is 0 Å². The van der Waals surface area contributed by atoms with E-state index in [0.29, 0.717) is 25.7 Å². The van der Waals surface area contributed by atoms with Gasteiger partial charge in [0.15, 0.2) is 0 Å². The quantitative estimate of drug-likeness (QED) is 0.510. The second-order valence-corrected chi connectivity index (χ2v) is 10.7. The van der Waals surface area contributed by atoms with Gasteiger partial charge in [-0.2, -0.15) is 4.31 Å². The van der Waals surface area contributed by atoms with Crippen molar-refractivity contribution in [1.29, 1.82) is 0 Å². The van der Waals surface area contributed by atoms with Crippen molar-refractivity contribution < 1.29 is 17.9 Å². The Kier molecular flexibility index (Phi) is 8.36. The average Bonchev–Trinajstić information content (AvgIpc) is 2.75. The van der Waals surface area contributed by atoms with Crippen LogP contribution in [0.4, 0.5) is 0 Å². The third-order valence-electron chi connectivity index (χ3n) is 6.52. The molecule has 1 amide bonds. The van der Waals surface area contributed by atoms with E-state index in [9.17, 15) is 13.2 Å². The average molecular weight is 452 g/mol. The molecule has 3 rings (SSSR count). The number of hydrogen-bond donors (Lipinski definition) is 0. The fourth-order valence-electron chi connectivity index (χ4n) is 4.74. The maximum Gasteiger partial charge on any atom is 0.237 e. The maximum atomic E-state index is 12.3. The number of ether oxygens (including phenoxy) is 1. The molecular formula is C23H37N3O4S. The molecule has 1 fully saturated rings. The van der Waals surface area contributed by atoms with Crippen LogP contribution in [0.1, 0.15) is 43.7 Å². The molecule has 1 unspecified atom stereocenters. The molecule has 0 bridgehead atoms. The van der Waals surface area contributed by atoms with Crippen molar-refractivity contribution in [2.45, 2.75) is 51.5 Å². The lowest BCUT2D eigenvalue weighted by Crippen LogP contribution is -2.52. The highest BCUT2D eigenvalue weighted by Crippen LogP contribution is 2.28. The van der Waals surface area contributed by atoms with Gasteiger partial charge in [-0.25, -0.2) is 8.42 Å². The summed E-state index contributed by atoms with van der Waals surface area (Å²) in [6.07, 6.45) is 7.65. The number of rotatable bonds is 10. The van der Waals surface area contributed by atoms with Gasteiger partial charge >= 0.3 is 0 Å². The molecule has 7 nitrogen and oxygen atoms in total. The van der Waals surface area contributed by atoms with E-state index in [0.717, 1.165) is 57.2 Å². The molecule has 8 heteroatoms. The smallest absolute Gasteiger partial charge is 0.237 e. The second-order valence-electron chi connectivity index (χ2n) is 8.75. The molecule has 0 N–H and O–H groups in total. The van der Waals surface area contributed by atoms with Crippen LogP contribution in [-0.4, -0.2) is 87.1 Å². The van der Waals surface area contributed by atoms with Gasteiger partial charge in [-0.1, -0.05) is 13.0 Å². The molecule has 1 aromatic rings. The zero-order valence-corrected chi connectivity index (χ0v) is 20.0. The Hall–Kier alpha value is -1.64. The number of sulfonamides is 1. The Morgan fingerprint density at radius 2 is 1.97 bits per heavy atom. The van der Waals surface area contributed by atoms with Gasteiger partial charge in [0.1, 0.15) is 5.75 Å². The first-order valence-corrected chi connectivity index (χ1v) is 13.3. The molecule has 0 aromatic heterocycles. The molecule has 0 radical (unpaired) electrons. The van der Waals surface area contributed by atoms with Gasteiger partial charge in [-0.3, -0.25) is 4.79 Å². The molecule has 0 spiro atoms. The van der Waals surface area contributed by atoms with Crippen LogP contribution in [0.25, 0.3) is 0 Å². The van der Waals surface area contributed by atoms with E-state index in [1.807, 2.05) is 4.90 Å². The van der Waals surface area contributed by atoms with Crippen molar-refractivity contribution in [3.63, 3.8) is 0 Å². The van der Waals surface area contributed by atoms with Gasteiger partial charge in [-0.05, 0) is 74.9 Å². The highest BCUT2D eigenvalue weighted by molar-refractivity contribution is 7.88. The molecule has 2 aliphatic rings. The number of carbonyl (C=O) groups excluding carboxylic acids is 1. The molecule has 174 valence electrons. The number of unbranched alkanes of at least 4 members (excludes halogenated alkanes) is 1. The SMILES string of the molecule is CCCN(CCCCN1CCN(S(C)(=O)=O)CC1=O)C1CCc2ccc(OC)cc2C1. The molecule has 1 heterocycles. The van der Waals surface area contributed by atoms with Crippen molar-refractivity contribution in [2.24, 2.45) is 0 Å². The predicted molar refractivity (Wildman–Crippen MR) is 123 cm³/mol. The number of methoxy groups -OCH3 is 1. The van der Waals surface area contributed by atoms with E-state index in [4.69, 9.17) is 4.74 Å². The summed E-state index contributed by atoms with van der Waals surface area (Å²) in [6, 6.07) is 7.00. The second kappa shape index (κ2) is 10.8. The van der Waals surface area contributed by atoms with Crippen LogP contribution in [0, 0.1) is 0 Å². The number of nitrogens with zero attached hydrogens (tertiary/aromatic N) is 3. The number of hydrogen-bond acceptors (Lipinski definition) is 5. The third-order valence-corrected chi connectivity index (χ3v) is 7.77. The summed E-state index contributed by atoms with van der Waals surface area (Å²) in [5.41, 5.74) is 2.85. The number of benzene rings is 1. The van der Waals surface area contributed by atoms with Crippen LogP contribution in [0.15, 0.2) is 18.2 Å². The Balaban J connectivity index is 1.47. The third kappa shape index (κ3) is 6.43. The summed E-state index contributed by atoms with van der Waals surface area (Å²) >= 11 is 0. The lowest BCUT2D eigenvalue weighted by Gasteiger charge is -2.36. The van der Waals surface area contributed by atoms with E-state index < -0.39 is 10.0 Å². The van der Waals surface area contributed by atoms with E-state index in [1.54, 1.807) is 7.11 Å². The zero-order valence-electron chi connectivity index (χ0n) is 19.2. The molecule has 0 saturated carbocycles. The summed E-state index contributed by atoms with van der Waals surface area (Å²) in [5, 5.41) is 0. The van der Waals surface area contributed by atoms with Crippen molar-refractivity contribution in [2.75, 3.05) is 52.6 Å². The van der Waals surface area contributed by atoms with Gasteiger partial charge in [0, 0.05) is 25.7 Å². The summed E-state index contributed by atoms with van der Waals surface area (Å²) in [7, 11) is -1.57. The van der Waals surface area contributed by atoms with Gasteiger partial charge in [0.05, 0.1) is 19.9 Å². The topological polar surface area (TPSA) is 70.2 Å². The normalized spacial score (nSPS) is 20.2. The van der Waals surface area contributed by atoms with Crippen molar-refractivity contribution >= 4 is 15.9 Å². The minimum atomic E-state index is -3.29. The van der Waals surface area contributed by atoms with E-state index >= 15 is 0 Å². The van der Waals surface area contributed by atoms with Gasteiger partial charge in [0.25, 0.3) is 0 Å². The molecule has 1 aliphatic carbocycles. The highest BCUT2D eigenvalue weighted by atomic mass is 32.2. The molecule has 1 saturated heterocycles. The van der Waals surface area contributed by atoms with E-state index in [-0.39, 0.29) is 12.5 Å². The zero-order chi connectivity index (χ0) is 22.4. The van der Waals surface area contributed by atoms with Crippen molar-refractivity contribution in [3.05, 3.63) is 29.3 Å². The number of fused-ring (bicyclic) bond motifs is 1. The number of aryl methyl sites for hydroxylation is 1. The first-order chi connectivity index (χ1) is 14.8. The van der Waals surface area contributed by atoms with E-state index in [2.05, 4.69) is 30.0 Å². The Morgan fingerprint density at radius 3 is 2.65 bits per heavy atom. The monoisotopic (exact) mass is 451 g/mol. The first kappa shape index (κ1) is 24.0. The number of piperazine rings is 1. The molecule has 1 atom stereocenters. The fraction of sp³-hybridized carbons (Fsp3) is 0.696. The largest absolute Gasteiger partial charge is 0.497 e. The lowest BCUT2D eigenvalue weighted by molar-refractivity contribution is -0.134. The highest BCUT2D eigenvalue weighted by Gasteiger charge is 2.29. The lowest BCUT2D eigenvalue weighted by atomic mass is 9.87. The van der Waals surface area contributed by atoms with Gasteiger partial charge < -0.3 is 14.5 Å². The van der Waals surface area contributed by atoms with Gasteiger partial charge in [0.2, 0.25) is 15.9 Å². The Morgan fingerprint density at radius 1 is 1.16 bits per heavy atom. The molecule has 1 aliphatic heterocycles. The van der Waals surface area contributed by atoms with Crippen molar-refractivity contribution in [1.82, 2.24) is 14.1 Å². The minimum absolute atomic E-state index is 0.0221. The molecular weight excluding hydrogens is 414 g/mol. The predicted octanol–water partition coefficient (Wildman–Crippen LogP) is 2.15. The van der Waals surface area contributed by atoms with Crippen LogP contribution < -0.4 is 4.74 Å². The summed E-state index contributed by atoms with van der Waals surface area (Å²) in [5.74, 6) is 0.849. The van der Waals surface area contributed by atoms with Gasteiger partial charge in [-0.15, -0.1) is 0 Å². The Labute approximate surface area is 187 Å². The molecule has 31 heavy (non-hydrogen) atoms. The fourth-order valence-corrected chi connectivity index (χ4v) is 5.50. The van der Waals surface area contributed by atoms with Crippen LogP contribution in [0.5, 0.6) is 5.75 Å². The molecule has 1 aromatic carbocycles. The minimum Gasteiger partial charge on any atom is -0.497 e. The van der Waals surface area contributed by atoms with E-state index in [1.165, 1.54) is 21.9 Å². The Bertz CT molecular complexity index is 858. The summed E-state index contributed by atoms with van der Waals surface area (Å²) < 4.78 is 30.0. The summed E-state index contributed by atoms with van der Waals surface area (Å²) in [4.78, 5) is 16.7. The number of carbonyl (C=O) groups is 1. The van der Waals surface area contributed by atoms with Crippen LogP contribution >= 0.6 is 0 Å².